The van der Waals surface area contributed by atoms with Gasteiger partial charge in [-0.05, 0) is 19.9 Å². The third kappa shape index (κ3) is 1.72. The van der Waals surface area contributed by atoms with Gasteiger partial charge in [0.2, 0.25) is 0 Å². The first kappa shape index (κ1) is 12.4. The lowest BCUT2D eigenvalue weighted by molar-refractivity contribution is 0.0854. The van der Waals surface area contributed by atoms with Crippen LogP contribution < -0.4 is 14.2 Å². The Kier molecular flexibility index (Phi) is 2.77. The van der Waals surface area contributed by atoms with E-state index in [2.05, 4.69) is 0 Å². The van der Waals surface area contributed by atoms with Crippen molar-refractivity contribution in [2.45, 2.75) is 19.4 Å². The van der Waals surface area contributed by atoms with Crippen LogP contribution in [0.4, 0.5) is 0 Å². The van der Waals surface area contributed by atoms with Crippen LogP contribution in [0.1, 0.15) is 19.4 Å². The van der Waals surface area contributed by atoms with Gasteiger partial charge in [0.05, 0.1) is 19.8 Å². The summed E-state index contributed by atoms with van der Waals surface area (Å²) >= 11 is 0. The first-order valence-electron chi connectivity index (χ1n) is 5.48. The van der Waals surface area contributed by atoms with E-state index in [1.807, 2.05) is 0 Å². The van der Waals surface area contributed by atoms with E-state index in [-0.39, 0.29) is 11.5 Å². The Labute approximate surface area is 105 Å². The van der Waals surface area contributed by atoms with Gasteiger partial charge < -0.3 is 24.4 Å². The second kappa shape index (κ2) is 4.01. The molecule has 98 valence electrons. The lowest BCUT2D eigenvalue weighted by Gasteiger charge is -2.32. The molecule has 0 atom stereocenters. The molecule has 2 N–H and O–H groups in total. The maximum Gasteiger partial charge on any atom is 0.178 e. The van der Waals surface area contributed by atoms with Crippen LogP contribution in [0.25, 0.3) is 5.76 Å². The molecule has 1 aromatic rings. The fourth-order valence-corrected chi connectivity index (χ4v) is 1.87. The van der Waals surface area contributed by atoms with Gasteiger partial charge in [-0.1, -0.05) is 0 Å². The number of rotatable bonds is 2. The molecule has 5 nitrogen and oxygen atoms in total. The summed E-state index contributed by atoms with van der Waals surface area (Å²) in [5, 5.41) is 19.9. The highest BCUT2D eigenvalue weighted by Gasteiger charge is 2.36. The van der Waals surface area contributed by atoms with Gasteiger partial charge in [0.15, 0.2) is 28.6 Å². The predicted octanol–water partition coefficient (Wildman–Crippen LogP) is 2.66. The van der Waals surface area contributed by atoms with Gasteiger partial charge in [-0.15, -0.1) is 0 Å². The van der Waals surface area contributed by atoms with E-state index < -0.39 is 5.60 Å². The Balaban J connectivity index is 2.65. The Morgan fingerprint density at radius 2 is 1.61 bits per heavy atom. The van der Waals surface area contributed by atoms with Crippen molar-refractivity contribution in [3.05, 3.63) is 23.5 Å². The Morgan fingerprint density at radius 1 is 1.06 bits per heavy atom. The molecule has 0 unspecified atom stereocenters. The zero-order valence-corrected chi connectivity index (χ0v) is 10.8. The molecule has 0 saturated heterocycles. The summed E-state index contributed by atoms with van der Waals surface area (Å²) in [4.78, 5) is 0. The Hall–Kier alpha value is -2.04. The molecule has 0 radical (unpaired) electrons. The van der Waals surface area contributed by atoms with E-state index in [4.69, 9.17) is 14.2 Å². The highest BCUT2D eigenvalue weighted by molar-refractivity contribution is 5.72. The molecule has 0 spiro atoms. The fraction of sp³-hybridized carbons (Fsp3) is 0.385. The van der Waals surface area contributed by atoms with Crippen molar-refractivity contribution in [1.82, 2.24) is 0 Å². The van der Waals surface area contributed by atoms with Gasteiger partial charge >= 0.3 is 0 Å². The van der Waals surface area contributed by atoms with Crippen molar-refractivity contribution in [3.63, 3.8) is 0 Å². The molecule has 1 heterocycles. The highest BCUT2D eigenvalue weighted by atomic mass is 16.5. The van der Waals surface area contributed by atoms with E-state index >= 15 is 0 Å². The summed E-state index contributed by atoms with van der Waals surface area (Å²) in [6, 6.07) is 3.19. The Bertz CT molecular complexity index is 516. The maximum absolute atomic E-state index is 10.0. The van der Waals surface area contributed by atoms with Crippen LogP contribution in [0.2, 0.25) is 0 Å². The molecular weight excluding hydrogens is 236 g/mol. The van der Waals surface area contributed by atoms with Gasteiger partial charge in [0.1, 0.15) is 5.75 Å². The van der Waals surface area contributed by atoms with E-state index in [0.29, 0.717) is 22.8 Å². The number of hydrogen-bond acceptors (Lipinski definition) is 5. The van der Waals surface area contributed by atoms with Crippen LogP contribution in [-0.2, 0) is 0 Å². The molecule has 0 saturated carbocycles. The lowest BCUT2D eigenvalue weighted by atomic mass is 9.98. The first-order chi connectivity index (χ1) is 8.40. The molecule has 18 heavy (non-hydrogen) atoms. The number of fused-ring (bicyclic) bond motifs is 1. The maximum atomic E-state index is 10.0. The summed E-state index contributed by atoms with van der Waals surface area (Å²) in [6.45, 7) is 3.33. The van der Waals surface area contributed by atoms with Crippen molar-refractivity contribution in [3.8, 4) is 17.2 Å². The van der Waals surface area contributed by atoms with E-state index in [9.17, 15) is 10.2 Å². The molecule has 0 amide bonds. The van der Waals surface area contributed by atoms with Gasteiger partial charge in [-0.2, -0.15) is 0 Å². The molecule has 0 fully saturated rings. The second-order valence-corrected chi connectivity index (χ2v) is 4.51. The van der Waals surface area contributed by atoms with Gasteiger partial charge in [0, 0.05) is 6.07 Å². The van der Waals surface area contributed by atoms with Crippen molar-refractivity contribution >= 4 is 5.76 Å². The second-order valence-electron chi connectivity index (χ2n) is 4.51. The standard InChI is InChI=1S/C13H16O5/c1-13(2)12(15)11(14)7-5-9(16-3)10(17-4)6-8(7)18-13/h5-6,14-15H,1-4H3. The zero-order chi connectivity index (χ0) is 13.5. The fourth-order valence-electron chi connectivity index (χ4n) is 1.87. The topological polar surface area (TPSA) is 68.2 Å². The highest BCUT2D eigenvalue weighted by Crippen LogP contribution is 2.43. The molecule has 0 bridgehead atoms. The predicted molar refractivity (Wildman–Crippen MR) is 66.4 cm³/mol. The van der Waals surface area contributed by atoms with Crippen molar-refractivity contribution in [2.24, 2.45) is 0 Å². The number of aliphatic hydroxyl groups excluding tert-OH is 2. The smallest absolute Gasteiger partial charge is 0.178 e. The quantitative estimate of drug-likeness (QED) is 0.846. The van der Waals surface area contributed by atoms with Crippen LogP contribution in [0.15, 0.2) is 17.9 Å². The minimum atomic E-state index is -0.976. The van der Waals surface area contributed by atoms with E-state index in [0.717, 1.165) is 0 Å². The van der Waals surface area contributed by atoms with Crippen LogP contribution in [0.5, 0.6) is 17.2 Å². The third-order valence-electron chi connectivity index (χ3n) is 2.90. The van der Waals surface area contributed by atoms with Crippen LogP contribution in [0, 0.1) is 0 Å². The largest absolute Gasteiger partial charge is 0.505 e. The number of benzene rings is 1. The monoisotopic (exact) mass is 252 g/mol. The van der Waals surface area contributed by atoms with Crippen LogP contribution >= 0.6 is 0 Å². The average Bonchev–Trinajstić information content (AvgIpc) is 2.34. The van der Waals surface area contributed by atoms with E-state index in [1.165, 1.54) is 14.2 Å². The van der Waals surface area contributed by atoms with Gasteiger partial charge in [-0.3, -0.25) is 0 Å². The summed E-state index contributed by atoms with van der Waals surface area (Å²) in [6.07, 6.45) is 0. The SMILES string of the molecule is COc1cc2c(cc1OC)C(O)=C(O)C(C)(C)O2. The number of aliphatic hydroxyl groups is 2. The molecule has 0 aliphatic carbocycles. The number of hydrogen-bond donors (Lipinski definition) is 2. The first-order valence-corrected chi connectivity index (χ1v) is 5.48. The molecule has 2 rings (SSSR count). The molecule has 1 aromatic carbocycles. The van der Waals surface area contributed by atoms with Crippen LogP contribution in [0.3, 0.4) is 0 Å². The Morgan fingerprint density at radius 3 is 2.17 bits per heavy atom. The summed E-state index contributed by atoms with van der Waals surface area (Å²) in [5.41, 5.74) is -0.596. The number of ether oxygens (including phenoxy) is 3. The van der Waals surface area contributed by atoms with E-state index in [1.54, 1.807) is 26.0 Å². The van der Waals surface area contributed by atoms with Gasteiger partial charge in [-0.25, -0.2) is 0 Å². The van der Waals surface area contributed by atoms with Crippen molar-refractivity contribution < 1.29 is 24.4 Å². The average molecular weight is 252 g/mol. The molecule has 1 aliphatic rings. The molecule has 1 aliphatic heterocycles. The van der Waals surface area contributed by atoms with Crippen molar-refractivity contribution in [2.75, 3.05) is 14.2 Å². The third-order valence-corrected chi connectivity index (χ3v) is 2.90. The van der Waals surface area contributed by atoms with Crippen molar-refractivity contribution in [1.29, 1.82) is 0 Å². The molecule has 5 heteroatoms. The van der Waals surface area contributed by atoms with Crippen LogP contribution in [-0.4, -0.2) is 30.0 Å². The summed E-state index contributed by atoms with van der Waals surface area (Å²) < 4.78 is 15.9. The molecule has 0 aromatic heterocycles. The zero-order valence-electron chi connectivity index (χ0n) is 10.8. The van der Waals surface area contributed by atoms with Gasteiger partial charge in [0.25, 0.3) is 0 Å². The summed E-state index contributed by atoms with van der Waals surface area (Å²) in [7, 11) is 3.02. The molecular formula is C13H16O5. The lowest BCUT2D eigenvalue weighted by Crippen LogP contribution is -2.34. The normalized spacial score (nSPS) is 16.9. The minimum Gasteiger partial charge on any atom is -0.505 e. The number of methoxy groups -OCH3 is 2. The summed E-state index contributed by atoms with van der Waals surface area (Å²) in [5.74, 6) is 0.984. The minimum absolute atomic E-state index is 0.206.